The van der Waals surface area contributed by atoms with Gasteiger partial charge >= 0.3 is 12.0 Å². The normalized spacial score (nSPS) is 20.7. The molecular formula is C25H29N3O5. The fourth-order valence-corrected chi connectivity index (χ4v) is 4.53. The van der Waals surface area contributed by atoms with E-state index in [1.807, 2.05) is 35.2 Å². The van der Waals surface area contributed by atoms with Crippen LogP contribution in [0, 0.1) is 5.92 Å². The Morgan fingerprint density at radius 3 is 2.64 bits per heavy atom. The van der Waals surface area contributed by atoms with Gasteiger partial charge in [0.1, 0.15) is 11.7 Å². The monoisotopic (exact) mass is 451 g/mol. The van der Waals surface area contributed by atoms with Crippen LogP contribution >= 0.6 is 0 Å². The van der Waals surface area contributed by atoms with Gasteiger partial charge in [-0.2, -0.15) is 0 Å². The Bertz CT molecular complexity index is 1080. The van der Waals surface area contributed by atoms with Gasteiger partial charge in [0.25, 0.3) is 5.91 Å². The summed E-state index contributed by atoms with van der Waals surface area (Å²) in [7, 11) is 0. The van der Waals surface area contributed by atoms with E-state index in [9.17, 15) is 14.4 Å². The van der Waals surface area contributed by atoms with E-state index in [1.54, 1.807) is 13.0 Å². The average Bonchev–Trinajstić information content (AvgIpc) is 2.82. The van der Waals surface area contributed by atoms with Crippen molar-refractivity contribution in [1.82, 2.24) is 15.5 Å². The van der Waals surface area contributed by atoms with Crippen molar-refractivity contribution in [3.63, 3.8) is 0 Å². The van der Waals surface area contributed by atoms with Crippen molar-refractivity contribution in [2.24, 2.45) is 5.92 Å². The molecule has 2 aliphatic rings. The van der Waals surface area contributed by atoms with Crippen molar-refractivity contribution in [2.45, 2.75) is 32.2 Å². The molecule has 2 saturated heterocycles. The number of carbonyl (C=O) groups excluding carboxylic acids is 3. The maximum absolute atomic E-state index is 12.8. The Kier molecular flexibility index (Phi) is 6.82. The molecule has 0 saturated carbocycles. The van der Waals surface area contributed by atoms with E-state index in [2.05, 4.69) is 17.2 Å². The zero-order chi connectivity index (χ0) is 23.4. The molecule has 3 amide bonds. The molecule has 0 bridgehead atoms. The third-order valence-corrected chi connectivity index (χ3v) is 6.11. The van der Waals surface area contributed by atoms with Gasteiger partial charge in [0.05, 0.1) is 12.6 Å². The van der Waals surface area contributed by atoms with Crippen LogP contribution in [0.2, 0.25) is 0 Å². The Morgan fingerprint density at radius 2 is 1.88 bits per heavy atom. The van der Waals surface area contributed by atoms with Crippen molar-refractivity contribution >= 4 is 28.7 Å². The lowest BCUT2D eigenvalue weighted by molar-refractivity contribution is -0.148. The number of carbonyl (C=O) groups is 3. The molecule has 2 heterocycles. The molecule has 8 nitrogen and oxygen atoms in total. The number of likely N-dealkylation sites (tertiary alicyclic amines) is 1. The second-order valence-corrected chi connectivity index (χ2v) is 8.26. The molecule has 33 heavy (non-hydrogen) atoms. The van der Waals surface area contributed by atoms with Crippen molar-refractivity contribution < 1.29 is 23.9 Å². The van der Waals surface area contributed by atoms with Crippen molar-refractivity contribution in [1.29, 1.82) is 0 Å². The molecule has 2 unspecified atom stereocenters. The van der Waals surface area contributed by atoms with Crippen molar-refractivity contribution in [3.8, 4) is 5.75 Å². The highest BCUT2D eigenvalue weighted by Crippen LogP contribution is 2.40. The van der Waals surface area contributed by atoms with E-state index >= 15 is 0 Å². The summed E-state index contributed by atoms with van der Waals surface area (Å²) < 4.78 is 11.3. The number of fused-ring (bicyclic) bond motifs is 1. The summed E-state index contributed by atoms with van der Waals surface area (Å²) in [6.07, 6.45) is 3.13. The molecule has 0 spiro atoms. The number of nitrogens with one attached hydrogen (secondary N) is 2. The summed E-state index contributed by atoms with van der Waals surface area (Å²) in [5, 5.41) is 7.17. The lowest BCUT2D eigenvalue weighted by Crippen LogP contribution is -2.51. The third-order valence-electron chi connectivity index (χ3n) is 6.11. The number of ether oxygens (including phenoxy) is 2. The largest absolute Gasteiger partial charge is 0.483 e. The highest BCUT2D eigenvalue weighted by atomic mass is 16.5. The van der Waals surface area contributed by atoms with Crippen molar-refractivity contribution in [2.75, 3.05) is 26.3 Å². The van der Waals surface area contributed by atoms with Gasteiger partial charge < -0.3 is 25.0 Å². The highest BCUT2D eigenvalue weighted by Gasteiger charge is 2.41. The Hall–Kier alpha value is -3.55. The van der Waals surface area contributed by atoms with Crippen LogP contribution in [0.25, 0.3) is 10.8 Å². The standard InChI is InChI=1S/C25H29N3O5/c1-3-32-24(30)21-16(2)26-25(31)27-23(21)22-18-10-6-5-9-17(18)11-12-19(22)33-15-20(29)28-13-7-4-8-14-28/h5-6,9-12,21,23H,2-4,7-8,13-15H2,1H3,(H2,26,27,31). The summed E-state index contributed by atoms with van der Waals surface area (Å²) in [4.78, 5) is 39.7. The zero-order valence-electron chi connectivity index (χ0n) is 18.8. The molecule has 2 aliphatic heterocycles. The molecule has 2 aromatic carbocycles. The average molecular weight is 452 g/mol. The minimum atomic E-state index is -0.853. The fourth-order valence-electron chi connectivity index (χ4n) is 4.53. The summed E-state index contributed by atoms with van der Waals surface area (Å²) in [6.45, 7) is 7.18. The first-order chi connectivity index (χ1) is 16.0. The van der Waals surface area contributed by atoms with E-state index in [0.29, 0.717) is 11.3 Å². The van der Waals surface area contributed by atoms with Crippen LogP contribution in [-0.2, 0) is 14.3 Å². The molecule has 4 rings (SSSR count). The number of hydrogen-bond donors (Lipinski definition) is 2. The molecule has 2 atom stereocenters. The summed E-state index contributed by atoms with van der Waals surface area (Å²) in [5.41, 5.74) is 0.874. The first-order valence-electron chi connectivity index (χ1n) is 11.3. The van der Waals surface area contributed by atoms with Crippen LogP contribution in [0.15, 0.2) is 48.7 Å². The molecule has 2 aromatic rings. The van der Waals surface area contributed by atoms with Gasteiger partial charge in [-0.1, -0.05) is 36.9 Å². The summed E-state index contributed by atoms with van der Waals surface area (Å²) in [6, 6.07) is 10.1. The second kappa shape index (κ2) is 9.94. The highest BCUT2D eigenvalue weighted by molar-refractivity contribution is 5.92. The fraction of sp³-hybridized carbons (Fsp3) is 0.400. The third kappa shape index (κ3) is 4.79. The number of amides is 3. The number of piperidine rings is 1. The molecule has 0 aliphatic carbocycles. The quantitative estimate of drug-likeness (QED) is 0.657. The lowest BCUT2D eigenvalue weighted by Gasteiger charge is -2.34. The van der Waals surface area contributed by atoms with E-state index in [4.69, 9.17) is 9.47 Å². The minimum absolute atomic E-state index is 0.0745. The van der Waals surface area contributed by atoms with Gasteiger partial charge in [-0.3, -0.25) is 9.59 Å². The molecule has 8 heteroatoms. The van der Waals surface area contributed by atoms with Gasteiger partial charge in [0.15, 0.2) is 6.61 Å². The molecular weight excluding hydrogens is 422 g/mol. The summed E-state index contributed by atoms with van der Waals surface area (Å²) in [5.74, 6) is -0.986. The number of nitrogens with zero attached hydrogens (tertiary/aromatic N) is 1. The number of urea groups is 1. The lowest BCUT2D eigenvalue weighted by atomic mass is 9.86. The van der Waals surface area contributed by atoms with Gasteiger partial charge in [-0.25, -0.2) is 4.79 Å². The van der Waals surface area contributed by atoms with Gasteiger partial charge in [-0.15, -0.1) is 0 Å². The topological polar surface area (TPSA) is 97.0 Å². The van der Waals surface area contributed by atoms with E-state index < -0.39 is 24.0 Å². The molecule has 0 radical (unpaired) electrons. The van der Waals surface area contributed by atoms with Gasteiger partial charge in [0.2, 0.25) is 0 Å². The maximum Gasteiger partial charge on any atom is 0.319 e. The van der Waals surface area contributed by atoms with Crippen LogP contribution in [0.3, 0.4) is 0 Å². The first kappa shape index (κ1) is 22.6. The Balaban J connectivity index is 1.72. The number of hydrogen-bond acceptors (Lipinski definition) is 5. The Morgan fingerprint density at radius 1 is 1.12 bits per heavy atom. The first-order valence-corrected chi connectivity index (χ1v) is 11.3. The predicted octanol–water partition coefficient (Wildman–Crippen LogP) is 3.28. The van der Waals surface area contributed by atoms with Crippen LogP contribution in [0.4, 0.5) is 4.79 Å². The van der Waals surface area contributed by atoms with Crippen LogP contribution in [0.1, 0.15) is 37.8 Å². The van der Waals surface area contributed by atoms with Crippen LogP contribution in [-0.4, -0.2) is 49.1 Å². The molecule has 2 fully saturated rings. The SMILES string of the molecule is C=C1NC(=O)NC(c2c(OCC(=O)N3CCCCC3)ccc3ccccc23)C1C(=O)OCC. The number of rotatable bonds is 6. The van der Waals surface area contributed by atoms with E-state index in [-0.39, 0.29) is 24.8 Å². The van der Waals surface area contributed by atoms with Crippen molar-refractivity contribution in [3.05, 3.63) is 54.2 Å². The number of esters is 1. The van der Waals surface area contributed by atoms with E-state index in [1.165, 1.54) is 0 Å². The number of benzene rings is 2. The Labute approximate surface area is 192 Å². The molecule has 0 aromatic heterocycles. The smallest absolute Gasteiger partial charge is 0.319 e. The molecule has 2 N–H and O–H groups in total. The summed E-state index contributed by atoms with van der Waals surface area (Å²) >= 11 is 0. The van der Waals surface area contributed by atoms with Gasteiger partial charge in [-0.05, 0) is 43.0 Å². The van der Waals surface area contributed by atoms with Gasteiger partial charge in [0, 0.05) is 24.4 Å². The second-order valence-electron chi connectivity index (χ2n) is 8.26. The van der Waals surface area contributed by atoms with E-state index in [0.717, 1.165) is 43.1 Å². The van der Waals surface area contributed by atoms with Crippen LogP contribution in [0.5, 0.6) is 5.75 Å². The zero-order valence-corrected chi connectivity index (χ0v) is 18.8. The minimum Gasteiger partial charge on any atom is -0.483 e. The molecule has 174 valence electrons. The maximum atomic E-state index is 12.8. The predicted molar refractivity (Wildman–Crippen MR) is 124 cm³/mol. The van der Waals surface area contributed by atoms with Crippen LogP contribution < -0.4 is 15.4 Å².